The van der Waals surface area contributed by atoms with Gasteiger partial charge in [-0.15, -0.1) is 16.8 Å². The van der Waals surface area contributed by atoms with Gasteiger partial charge in [-0.25, -0.2) is 5.43 Å². The van der Waals surface area contributed by atoms with Gasteiger partial charge < -0.3 is 5.11 Å². The van der Waals surface area contributed by atoms with Crippen LogP contribution in [0.4, 0.5) is 0 Å². The minimum absolute atomic E-state index is 0.138. The number of phenols is 1. The van der Waals surface area contributed by atoms with E-state index in [0.29, 0.717) is 12.0 Å². The van der Waals surface area contributed by atoms with Crippen LogP contribution < -0.4 is 5.43 Å². The van der Waals surface area contributed by atoms with E-state index in [1.165, 1.54) is 34.9 Å². The summed E-state index contributed by atoms with van der Waals surface area (Å²) in [6.07, 6.45) is 3.70. The Labute approximate surface area is 187 Å². The van der Waals surface area contributed by atoms with Gasteiger partial charge in [-0.3, -0.25) is 4.79 Å². The van der Waals surface area contributed by atoms with Gasteiger partial charge >= 0.3 is 0 Å². The van der Waals surface area contributed by atoms with Crippen LogP contribution in [0.2, 0.25) is 0 Å². The van der Waals surface area contributed by atoms with Crippen molar-refractivity contribution in [1.29, 1.82) is 0 Å². The lowest BCUT2D eigenvalue weighted by molar-refractivity contribution is -0.118. The number of para-hydroxylation sites is 1. The van der Waals surface area contributed by atoms with E-state index in [4.69, 9.17) is 0 Å². The first-order valence-corrected chi connectivity index (χ1v) is 11.8. The Kier molecular flexibility index (Phi) is 8.49. The van der Waals surface area contributed by atoms with Crippen LogP contribution in [0.3, 0.4) is 0 Å². The number of allylic oxidation sites excluding steroid dienone is 1. The molecule has 0 aliphatic rings. The molecule has 2 N–H and O–H groups in total. The van der Waals surface area contributed by atoms with Crippen LogP contribution in [0.5, 0.6) is 5.75 Å². The van der Waals surface area contributed by atoms with Crippen LogP contribution in [0.25, 0.3) is 0 Å². The molecule has 3 aromatic rings. The second kappa shape index (κ2) is 11.5. The first-order valence-electron chi connectivity index (χ1n) is 9.02. The predicted molar refractivity (Wildman–Crippen MR) is 124 cm³/mol. The number of hydrazone groups is 1. The molecule has 1 aromatic heterocycles. The number of thioether (sulfide) groups is 2. The summed E-state index contributed by atoms with van der Waals surface area (Å²) >= 11 is 4.41. The molecule has 0 unspecified atom stereocenters. The topological polar surface area (TPSA) is 87.5 Å². The van der Waals surface area contributed by atoms with Crippen molar-refractivity contribution in [3.8, 4) is 5.75 Å². The fraction of sp³-hybridized carbons (Fsp3) is 0.143. The molecule has 30 heavy (non-hydrogen) atoms. The number of hydrogen-bond acceptors (Lipinski definition) is 8. The van der Waals surface area contributed by atoms with Crippen molar-refractivity contribution in [1.82, 2.24) is 15.6 Å². The normalized spacial score (nSPS) is 10.9. The summed E-state index contributed by atoms with van der Waals surface area (Å²) in [5, 5.41) is 22.4. The van der Waals surface area contributed by atoms with Crippen LogP contribution in [0, 0.1) is 0 Å². The lowest BCUT2D eigenvalue weighted by atomic mass is 10.1. The highest BCUT2D eigenvalue weighted by Gasteiger charge is 2.09. The van der Waals surface area contributed by atoms with Gasteiger partial charge in [0.15, 0.2) is 8.68 Å². The third kappa shape index (κ3) is 6.72. The van der Waals surface area contributed by atoms with Crippen LogP contribution in [-0.4, -0.2) is 33.2 Å². The maximum absolute atomic E-state index is 12.0. The minimum atomic E-state index is -0.258. The molecular formula is C21H20N4O2S3. The standard InChI is InChI=1S/C21H20N4O2S3/c1-2-7-16-10-6-11-17(19(16)27)12-22-23-18(26)14-29-21-25-24-20(30-21)28-13-15-8-4-3-5-9-15/h2-6,8-12,27H,1,7,13-14H2,(H,23,26)/b22-12-. The van der Waals surface area contributed by atoms with E-state index in [9.17, 15) is 9.90 Å². The maximum atomic E-state index is 12.0. The quantitative estimate of drug-likeness (QED) is 0.202. The molecule has 0 atom stereocenters. The number of aromatic nitrogens is 2. The number of carbonyl (C=O) groups is 1. The second-order valence-corrected chi connectivity index (χ2v) is 9.46. The number of hydrogen-bond donors (Lipinski definition) is 2. The van der Waals surface area contributed by atoms with Gasteiger partial charge in [-0.1, -0.05) is 83.4 Å². The van der Waals surface area contributed by atoms with Gasteiger partial charge in [0.2, 0.25) is 0 Å². The number of aromatic hydroxyl groups is 1. The summed E-state index contributed by atoms with van der Waals surface area (Å²) in [5.74, 6) is 0.888. The number of benzene rings is 2. The van der Waals surface area contributed by atoms with E-state index in [-0.39, 0.29) is 17.4 Å². The molecule has 0 fully saturated rings. The Balaban J connectivity index is 1.44. The van der Waals surface area contributed by atoms with Crippen molar-refractivity contribution < 1.29 is 9.90 Å². The molecule has 1 amide bonds. The molecule has 9 heteroatoms. The van der Waals surface area contributed by atoms with E-state index in [0.717, 1.165) is 20.0 Å². The Morgan fingerprint density at radius 2 is 1.90 bits per heavy atom. The summed E-state index contributed by atoms with van der Waals surface area (Å²) in [6.45, 7) is 3.67. The Morgan fingerprint density at radius 1 is 1.13 bits per heavy atom. The monoisotopic (exact) mass is 456 g/mol. The van der Waals surface area contributed by atoms with Crippen molar-refractivity contribution in [2.45, 2.75) is 20.9 Å². The largest absolute Gasteiger partial charge is 0.507 e. The molecule has 154 valence electrons. The second-order valence-electron chi connectivity index (χ2n) is 6.04. The highest BCUT2D eigenvalue weighted by atomic mass is 32.2. The van der Waals surface area contributed by atoms with Gasteiger partial charge in [-0.05, 0) is 23.6 Å². The van der Waals surface area contributed by atoms with Gasteiger partial charge in [0.1, 0.15) is 5.75 Å². The van der Waals surface area contributed by atoms with Gasteiger partial charge in [0, 0.05) is 11.3 Å². The Morgan fingerprint density at radius 3 is 2.67 bits per heavy atom. The fourth-order valence-corrected chi connectivity index (χ4v) is 5.17. The number of amides is 1. The number of phenolic OH excluding ortho intramolecular Hbond substituents is 1. The van der Waals surface area contributed by atoms with Gasteiger partial charge in [0.25, 0.3) is 5.91 Å². The lowest BCUT2D eigenvalue weighted by Crippen LogP contribution is -2.19. The smallest absolute Gasteiger partial charge is 0.250 e. The first-order chi connectivity index (χ1) is 14.7. The van der Waals surface area contributed by atoms with E-state index in [2.05, 4.69) is 39.4 Å². The van der Waals surface area contributed by atoms with Crippen LogP contribution in [0.1, 0.15) is 16.7 Å². The van der Waals surface area contributed by atoms with Crippen LogP contribution >= 0.6 is 34.9 Å². The number of nitrogens with zero attached hydrogens (tertiary/aromatic N) is 3. The van der Waals surface area contributed by atoms with Crippen LogP contribution in [-0.2, 0) is 17.0 Å². The van der Waals surface area contributed by atoms with Gasteiger partial charge in [-0.2, -0.15) is 5.10 Å². The van der Waals surface area contributed by atoms with E-state index in [1.54, 1.807) is 23.9 Å². The predicted octanol–water partition coefficient (Wildman–Crippen LogP) is 4.51. The average Bonchev–Trinajstić information content (AvgIpc) is 3.22. The molecule has 6 nitrogen and oxygen atoms in total. The molecule has 0 saturated heterocycles. The van der Waals surface area contributed by atoms with Crippen molar-refractivity contribution in [2.24, 2.45) is 5.10 Å². The third-order valence-corrected chi connectivity index (χ3v) is 7.09. The SMILES string of the molecule is C=CCc1cccc(/C=N\NC(=O)CSc2nnc(SCc3ccccc3)s2)c1O. The van der Waals surface area contributed by atoms with Crippen LogP contribution in [0.15, 0.2) is 75.0 Å². The first kappa shape index (κ1) is 22.1. The summed E-state index contributed by atoms with van der Waals surface area (Å²) in [7, 11) is 0. The van der Waals surface area contributed by atoms with Crippen molar-refractivity contribution in [2.75, 3.05) is 5.75 Å². The Bertz CT molecular complexity index is 1020. The van der Waals surface area contributed by atoms with E-state index >= 15 is 0 Å². The highest BCUT2D eigenvalue weighted by Crippen LogP contribution is 2.30. The zero-order valence-electron chi connectivity index (χ0n) is 16.0. The molecule has 1 heterocycles. The summed E-state index contributed by atoms with van der Waals surface area (Å²) in [4.78, 5) is 12.0. The minimum Gasteiger partial charge on any atom is -0.507 e. The Hall–Kier alpha value is -2.62. The fourth-order valence-electron chi connectivity index (χ4n) is 2.40. The molecule has 0 aliphatic carbocycles. The molecule has 0 bridgehead atoms. The van der Waals surface area contributed by atoms with Crippen molar-refractivity contribution in [3.63, 3.8) is 0 Å². The number of carbonyl (C=O) groups excluding carboxylic acids is 1. The lowest BCUT2D eigenvalue weighted by Gasteiger charge is -2.04. The van der Waals surface area contributed by atoms with Crippen molar-refractivity contribution in [3.05, 3.63) is 77.9 Å². The molecular weight excluding hydrogens is 436 g/mol. The molecule has 0 radical (unpaired) electrons. The average molecular weight is 457 g/mol. The number of nitrogens with one attached hydrogen (secondary N) is 1. The zero-order valence-corrected chi connectivity index (χ0v) is 18.5. The summed E-state index contributed by atoms with van der Waals surface area (Å²) in [6, 6.07) is 15.5. The molecule has 0 spiro atoms. The molecule has 0 aliphatic heterocycles. The van der Waals surface area contributed by atoms with E-state index in [1.807, 2.05) is 30.3 Å². The highest BCUT2D eigenvalue weighted by molar-refractivity contribution is 8.03. The third-order valence-electron chi connectivity index (χ3n) is 3.83. The summed E-state index contributed by atoms with van der Waals surface area (Å²) < 4.78 is 1.61. The molecule has 3 rings (SSSR count). The van der Waals surface area contributed by atoms with Gasteiger partial charge in [0.05, 0.1) is 12.0 Å². The molecule has 2 aromatic carbocycles. The van der Waals surface area contributed by atoms with Crippen molar-refractivity contribution >= 4 is 47.0 Å². The van der Waals surface area contributed by atoms with E-state index < -0.39 is 0 Å². The maximum Gasteiger partial charge on any atom is 0.250 e. The summed E-state index contributed by atoms with van der Waals surface area (Å²) in [5.41, 5.74) is 4.98. The zero-order chi connectivity index (χ0) is 21.2. The number of rotatable bonds is 10. The molecule has 0 saturated carbocycles.